The summed E-state index contributed by atoms with van der Waals surface area (Å²) in [5.74, 6) is -0.296. The fraction of sp³-hybridized carbons (Fsp3) is 0.400. The molecular weight excluding hydrogens is 270 g/mol. The summed E-state index contributed by atoms with van der Waals surface area (Å²) in [7, 11) is 0. The number of nitrogens with one attached hydrogen (secondary N) is 1. The molecule has 6 nitrogen and oxygen atoms in total. The van der Waals surface area contributed by atoms with E-state index in [1.807, 2.05) is 25.3 Å². The molecule has 0 saturated carbocycles. The van der Waals surface area contributed by atoms with Crippen LogP contribution in [0.1, 0.15) is 37.0 Å². The van der Waals surface area contributed by atoms with Gasteiger partial charge in [-0.1, -0.05) is 6.92 Å². The molecule has 1 aromatic heterocycles. The number of aromatic nitrogens is 2. The summed E-state index contributed by atoms with van der Waals surface area (Å²) in [6.45, 7) is 5.95. The molecule has 0 bridgehead atoms. The van der Waals surface area contributed by atoms with E-state index < -0.39 is 5.97 Å². The first-order chi connectivity index (χ1) is 9.92. The van der Waals surface area contributed by atoms with E-state index >= 15 is 0 Å². The van der Waals surface area contributed by atoms with E-state index in [1.165, 1.54) is 12.1 Å². The Labute approximate surface area is 122 Å². The van der Waals surface area contributed by atoms with Crippen LogP contribution in [0.4, 0.5) is 0 Å². The second-order valence-electron chi connectivity index (χ2n) is 5.20. The van der Waals surface area contributed by atoms with E-state index in [1.54, 1.807) is 6.07 Å². The van der Waals surface area contributed by atoms with Crippen molar-refractivity contribution in [2.75, 3.05) is 0 Å². The molecule has 0 radical (unpaired) electrons. The van der Waals surface area contributed by atoms with Crippen molar-refractivity contribution in [1.82, 2.24) is 14.9 Å². The van der Waals surface area contributed by atoms with Crippen LogP contribution in [-0.2, 0) is 17.8 Å². The second kappa shape index (κ2) is 5.95. The fourth-order valence-corrected chi connectivity index (χ4v) is 2.27. The highest BCUT2D eigenvalue weighted by Gasteiger charge is 2.14. The number of aryl methyl sites for hydroxylation is 1. The molecule has 0 fully saturated rings. The Balaban J connectivity index is 2.42. The van der Waals surface area contributed by atoms with Crippen molar-refractivity contribution >= 4 is 22.9 Å². The van der Waals surface area contributed by atoms with Crippen molar-refractivity contribution < 1.29 is 14.7 Å². The van der Waals surface area contributed by atoms with Gasteiger partial charge in [0.25, 0.3) is 0 Å². The van der Waals surface area contributed by atoms with Gasteiger partial charge in [0, 0.05) is 12.5 Å². The maximum absolute atomic E-state index is 12.0. The molecule has 1 heterocycles. The highest BCUT2D eigenvalue weighted by molar-refractivity contribution is 5.92. The molecule has 6 heteroatoms. The van der Waals surface area contributed by atoms with Gasteiger partial charge in [-0.25, -0.2) is 9.78 Å². The molecule has 0 unspecified atom stereocenters. The zero-order valence-corrected chi connectivity index (χ0v) is 12.4. The Morgan fingerprint density at radius 3 is 2.67 bits per heavy atom. The average molecular weight is 289 g/mol. The van der Waals surface area contributed by atoms with Gasteiger partial charge in [0.05, 0.1) is 16.6 Å². The van der Waals surface area contributed by atoms with E-state index in [2.05, 4.69) is 10.3 Å². The molecule has 2 N–H and O–H groups in total. The molecule has 1 aromatic carbocycles. The first-order valence-electron chi connectivity index (χ1n) is 6.94. The quantitative estimate of drug-likeness (QED) is 0.879. The van der Waals surface area contributed by atoms with E-state index in [-0.39, 0.29) is 24.1 Å². The second-order valence-corrected chi connectivity index (χ2v) is 5.20. The minimum Gasteiger partial charge on any atom is -0.478 e. The highest BCUT2D eigenvalue weighted by Crippen LogP contribution is 2.18. The number of benzene rings is 1. The van der Waals surface area contributed by atoms with Gasteiger partial charge in [-0.05, 0) is 32.0 Å². The van der Waals surface area contributed by atoms with Crippen molar-refractivity contribution in [3.8, 4) is 0 Å². The molecule has 0 aliphatic heterocycles. The number of imidazole rings is 1. The Hall–Kier alpha value is -2.37. The van der Waals surface area contributed by atoms with Crippen LogP contribution in [0.15, 0.2) is 18.2 Å². The number of fused-ring (bicyclic) bond motifs is 1. The number of aromatic carboxylic acids is 1. The Kier molecular flexibility index (Phi) is 4.26. The summed E-state index contributed by atoms with van der Waals surface area (Å²) in [6.07, 6.45) is 0.673. The summed E-state index contributed by atoms with van der Waals surface area (Å²) in [4.78, 5) is 27.4. The van der Waals surface area contributed by atoms with Gasteiger partial charge in [0.1, 0.15) is 12.4 Å². The molecule has 21 heavy (non-hydrogen) atoms. The van der Waals surface area contributed by atoms with E-state index in [0.29, 0.717) is 11.9 Å². The van der Waals surface area contributed by atoms with Gasteiger partial charge in [-0.15, -0.1) is 0 Å². The summed E-state index contributed by atoms with van der Waals surface area (Å²) in [6, 6.07) is 4.85. The molecule has 0 aliphatic rings. The molecule has 112 valence electrons. The number of carboxylic acids is 1. The third kappa shape index (κ3) is 3.21. The van der Waals surface area contributed by atoms with Crippen LogP contribution in [0.25, 0.3) is 11.0 Å². The fourth-order valence-electron chi connectivity index (χ4n) is 2.27. The van der Waals surface area contributed by atoms with Crippen LogP contribution in [-0.4, -0.2) is 32.6 Å². The largest absolute Gasteiger partial charge is 0.478 e. The molecular formula is C15H19N3O3. The number of rotatable bonds is 5. The van der Waals surface area contributed by atoms with Gasteiger partial charge in [0.15, 0.2) is 0 Å². The smallest absolute Gasteiger partial charge is 0.335 e. The van der Waals surface area contributed by atoms with Crippen LogP contribution in [0, 0.1) is 0 Å². The topological polar surface area (TPSA) is 84.2 Å². The predicted molar refractivity (Wildman–Crippen MR) is 79.3 cm³/mol. The molecule has 0 spiro atoms. The third-order valence-corrected chi connectivity index (χ3v) is 3.14. The van der Waals surface area contributed by atoms with Crippen LogP contribution in [0.3, 0.4) is 0 Å². The van der Waals surface area contributed by atoms with Crippen molar-refractivity contribution in [2.45, 2.75) is 39.8 Å². The molecule has 0 saturated heterocycles. The van der Waals surface area contributed by atoms with Gasteiger partial charge < -0.3 is 15.0 Å². The van der Waals surface area contributed by atoms with Crippen LogP contribution < -0.4 is 5.32 Å². The van der Waals surface area contributed by atoms with E-state index in [9.17, 15) is 9.59 Å². The van der Waals surface area contributed by atoms with Crippen molar-refractivity contribution in [2.24, 2.45) is 0 Å². The summed E-state index contributed by atoms with van der Waals surface area (Å²) in [5, 5.41) is 11.9. The maximum Gasteiger partial charge on any atom is 0.335 e. The number of carbonyl (C=O) groups is 2. The lowest BCUT2D eigenvalue weighted by atomic mass is 10.2. The Bertz CT molecular complexity index is 689. The monoisotopic (exact) mass is 289 g/mol. The average Bonchev–Trinajstić information content (AvgIpc) is 2.75. The van der Waals surface area contributed by atoms with Gasteiger partial charge in [-0.2, -0.15) is 0 Å². The predicted octanol–water partition coefficient (Wildman–Crippen LogP) is 1.82. The van der Waals surface area contributed by atoms with E-state index in [4.69, 9.17) is 5.11 Å². The van der Waals surface area contributed by atoms with Crippen molar-refractivity contribution in [3.63, 3.8) is 0 Å². The third-order valence-electron chi connectivity index (χ3n) is 3.14. The Morgan fingerprint density at radius 1 is 1.38 bits per heavy atom. The van der Waals surface area contributed by atoms with E-state index in [0.717, 1.165) is 11.3 Å². The summed E-state index contributed by atoms with van der Waals surface area (Å²) >= 11 is 0. The molecule has 0 aliphatic carbocycles. The van der Waals surface area contributed by atoms with Crippen molar-refractivity contribution in [1.29, 1.82) is 0 Å². The molecule has 2 rings (SSSR count). The van der Waals surface area contributed by atoms with Crippen molar-refractivity contribution in [3.05, 3.63) is 29.6 Å². The van der Waals surface area contributed by atoms with Crippen LogP contribution in [0.5, 0.6) is 0 Å². The number of carboxylic acid groups (broad SMARTS) is 1. The SMILES string of the molecule is CCc1nc2cc(C(=O)O)ccc2n1CC(=O)NC(C)C. The first kappa shape index (κ1) is 15.0. The first-order valence-corrected chi connectivity index (χ1v) is 6.94. The number of hydrogen-bond donors (Lipinski definition) is 2. The number of amides is 1. The lowest BCUT2D eigenvalue weighted by molar-refractivity contribution is -0.122. The Morgan fingerprint density at radius 2 is 2.10 bits per heavy atom. The van der Waals surface area contributed by atoms with Crippen LogP contribution >= 0.6 is 0 Å². The highest BCUT2D eigenvalue weighted by atomic mass is 16.4. The standard InChI is InChI=1S/C15H19N3O3/c1-4-13-17-11-7-10(15(20)21)5-6-12(11)18(13)8-14(19)16-9(2)3/h5-7,9H,4,8H2,1-3H3,(H,16,19)(H,20,21). The van der Waals surface area contributed by atoms with Gasteiger partial charge in [0.2, 0.25) is 5.91 Å². The zero-order chi connectivity index (χ0) is 15.6. The van der Waals surface area contributed by atoms with Gasteiger partial charge in [-0.3, -0.25) is 4.79 Å². The molecule has 2 aromatic rings. The molecule has 1 amide bonds. The number of hydrogen-bond acceptors (Lipinski definition) is 3. The minimum absolute atomic E-state index is 0.0796. The molecule has 0 atom stereocenters. The number of carbonyl (C=O) groups excluding carboxylic acids is 1. The normalized spacial score (nSPS) is 11.0. The summed E-state index contributed by atoms with van der Waals surface area (Å²) in [5.41, 5.74) is 1.57. The maximum atomic E-state index is 12.0. The van der Waals surface area contributed by atoms with Crippen LogP contribution in [0.2, 0.25) is 0 Å². The minimum atomic E-state index is -0.984. The zero-order valence-electron chi connectivity index (χ0n) is 12.4. The summed E-state index contributed by atoms with van der Waals surface area (Å²) < 4.78 is 1.83. The lowest BCUT2D eigenvalue weighted by Gasteiger charge is -2.11. The number of nitrogens with zero attached hydrogens (tertiary/aromatic N) is 2. The van der Waals surface area contributed by atoms with Gasteiger partial charge >= 0.3 is 5.97 Å². The lowest BCUT2D eigenvalue weighted by Crippen LogP contribution is -2.33.